The average Bonchev–Trinajstić information content (AvgIpc) is 2.94. The highest BCUT2D eigenvalue weighted by Gasteiger charge is 2.33. The molecule has 0 bridgehead atoms. The van der Waals surface area contributed by atoms with Crippen LogP contribution in [-0.2, 0) is 4.74 Å². The maximum Gasteiger partial charge on any atom is 0.191 e. The van der Waals surface area contributed by atoms with Crippen molar-refractivity contribution in [3.63, 3.8) is 0 Å². The number of hydrogen-bond acceptors (Lipinski definition) is 2. The number of methoxy groups -OCH3 is 1. The normalized spacial score (nSPS) is 18.6. The van der Waals surface area contributed by atoms with Gasteiger partial charge in [-0.15, -0.1) is 0 Å². The molecular formula is C16H31N3O. The van der Waals surface area contributed by atoms with Gasteiger partial charge in [-0.2, -0.15) is 0 Å². The van der Waals surface area contributed by atoms with Crippen LogP contribution in [0.25, 0.3) is 0 Å². The maximum absolute atomic E-state index is 5.27. The molecule has 0 aromatic rings. The van der Waals surface area contributed by atoms with Gasteiger partial charge in [0.25, 0.3) is 0 Å². The Labute approximate surface area is 124 Å². The first-order valence-electron chi connectivity index (χ1n) is 7.81. The number of nitrogens with one attached hydrogen (secondary N) is 2. The lowest BCUT2D eigenvalue weighted by Crippen LogP contribution is -2.43. The third-order valence-electron chi connectivity index (χ3n) is 4.19. The highest BCUT2D eigenvalue weighted by Crippen LogP contribution is 2.40. The lowest BCUT2D eigenvalue weighted by atomic mass is 9.83. The SMILES string of the molecule is C/C=C/CCNC(=NC)NCC1(CCOC)CCCC1. The van der Waals surface area contributed by atoms with Crippen molar-refractivity contribution < 1.29 is 4.74 Å². The standard InChI is InChI=1S/C16H31N3O/c1-4-5-8-12-18-15(17-2)19-14-16(11-13-20-3)9-6-7-10-16/h4-5H,6-14H2,1-3H3,(H2,17,18,19)/b5-4+. The van der Waals surface area contributed by atoms with Crippen molar-refractivity contribution in [3.05, 3.63) is 12.2 Å². The molecule has 0 aromatic carbocycles. The second-order valence-corrected chi connectivity index (χ2v) is 5.66. The van der Waals surface area contributed by atoms with Crippen LogP contribution in [0.15, 0.2) is 17.1 Å². The van der Waals surface area contributed by atoms with Crippen molar-refractivity contribution in [3.8, 4) is 0 Å². The molecule has 1 saturated carbocycles. The van der Waals surface area contributed by atoms with Crippen LogP contribution < -0.4 is 10.6 Å². The molecule has 0 aliphatic heterocycles. The Morgan fingerprint density at radius 2 is 2.05 bits per heavy atom. The first-order chi connectivity index (χ1) is 9.76. The van der Waals surface area contributed by atoms with Crippen molar-refractivity contribution in [2.75, 3.05) is 33.9 Å². The van der Waals surface area contributed by atoms with Gasteiger partial charge in [-0.25, -0.2) is 0 Å². The van der Waals surface area contributed by atoms with Crippen molar-refractivity contribution in [2.45, 2.75) is 45.4 Å². The van der Waals surface area contributed by atoms with E-state index in [0.29, 0.717) is 5.41 Å². The minimum atomic E-state index is 0.400. The molecule has 4 heteroatoms. The quantitative estimate of drug-likeness (QED) is 0.311. The van der Waals surface area contributed by atoms with Gasteiger partial charge in [0, 0.05) is 33.9 Å². The number of nitrogens with zero attached hydrogens (tertiary/aromatic N) is 1. The zero-order chi connectivity index (χ0) is 14.7. The van der Waals surface area contributed by atoms with E-state index in [1.807, 2.05) is 14.0 Å². The van der Waals surface area contributed by atoms with Crippen LogP contribution in [0, 0.1) is 5.41 Å². The molecule has 0 atom stereocenters. The summed E-state index contributed by atoms with van der Waals surface area (Å²) in [5.74, 6) is 0.915. The van der Waals surface area contributed by atoms with E-state index in [4.69, 9.17) is 4.74 Å². The monoisotopic (exact) mass is 281 g/mol. The summed E-state index contributed by atoms with van der Waals surface area (Å²) >= 11 is 0. The minimum Gasteiger partial charge on any atom is -0.385 e. The second-order valence-electron chi connectivity index (χ2n) is 5.66. The molecule has 0 heterocycles. The van der Waals surface area contributed by atoms with E-state index in [-0.39, 0.29) is 0 Å². The van der Waals surface area contributed by atoms with Crippen LogP contribution in [0.3, 0.4) is 0 Å². The highest BCUT2D eigenvalue weighted by atomic mass is 16.5. The third kappa shape index (κ3) is 5.95. The number of allylic oxidation sites excluding steroid dienone is 1. The van der Waals surface area contributed by atoms with Crippen LogP contribution in [-0.4, -0.2) is 39.8 Å². The topological polar surface area (TPSA) is 45.7 Å². The van der Waals surface area contributed by atoms with E-state index in [1.165, 1.54) is 25.7 Å². The zero-order valence-corrected chi connectivity index (χ0v) is 13.4. The van der Waals surface area contributed by atoms with Crippen molar-refractivity contribution in [1.82, 2.24) is 10.6 Å². The van der Waals surface area contributed by atoms with Gasteiger partial charge in [-0.05, 0) is 38.0 Å². The lowest BCUT2D eigenvalue weighted by Gasteiger charge is -2.29. The summed E-state index contributed by atoms with van der Waals surface area (Å²) < 4.78 is 5.27. The molecule has 0 amide bonds. The number of hydrogen-bond donors (Lipinski definition) is 2. The average molecular weight is 281 g/mol. The molecule has 0 saturated heterocycles. The fraction of sp³-hybridized carbons (Fsp3) is 0.812. The molecule has 4 nitrogen and oxygen atoms in total. The largest absolute Gasteiger partial charge is 0.385 e. The van der Waals surface area contributed by atoms with E-state index < -0.39 is 0 Å². The molecule has 0 aromatic heterocycles. The molecule has 1 fully saturated rings. The predicted molar refractivity (Wildman–Crippen MR) is 86.2 cm³/mol. The van der Waals surface area contributed by atoms with Crippen LogP contribution in [0.4, 0.5) is 0 Å². The number of aliphatic imine (C=N–C) groups is 1. The third-order valence-corrected chi connectivity index (χ3v) is 4.19. The molecule has 2 N–H and O–H groups in total. The minimum absolute atomic E-state index is 0.400. The first kappa shape index (κ1) is 17.0. The first-order valence-corrected chi connectivity index (χ1v) is 7.81. The number of guanidine groups is 1. The van der Waals surface area contributed by atoms with Crippen molar-refractivity contribution in [2.24, 2.45) is 10.4 Å². The number of ether oxygens (including phenoxy) is 1. The Hall–Kier alpha value is -1.03. The smallest absolute Gasteiger partial charge is 0.191 e. The molecule has 20 heavy (non-hydrogen) atoms. The summed E-state index contributed by atoms with van der Waals surface area (Å²) in [6, 6.07) is 0. The fourth-order valence-electron chi connectivity index (χ4n) is 2.89. The van der Waals surface area contributed by atoms with Crippen molar-refractivity contribution in [1.29, 1.82) is 0 Å². The van der Waals surface area contributed by atoms with E-state index in [9.17, 15) is 0 Å². The molecule has 1 aliphatic carbocycles. The second kappa shape index (κ2) is 9.81. The summed E-state index contributed by atoms with van der Waals surface area (Å²) in [7, 11) is 3.62. The zero-order valence-electron chi connectivity index (χ0n) is 13.4. The molecule has 1 rings (SSSR count). The Morgan fingerprint density at radius 3 is 2.65 bits per heavy atom. The van der Waals surface area contributed by atoms with Gasteiger partial charge in [0.15, 0.2) is 5.96 Å². The van der Waals surface area contributed by atoms with Gasteiger partial charge in [0.05, 0.1) is 0 Å². The van der Waals surface area contributed by atoms with Gasteiger partial charge < -0.3 is 15.4 Å². The van der Waals surface area contributed by atoms with Gasteiger partial charge in [-0.3, -0.25) is 4.99 Å². The summed E-state index contributed by atoms with van der Waals surface area (Å²) in [5.41, 5.74) is 0.400. The van der Waals surface area contributed by atoms with Crippen LogP contribution in [0.1, 0.15) is 45.4 Å². The Morgan fingerprint density at radius 1 is 1.30 bits per heavy atom. The molecule has 0 unspecified atom stereocenters. The molecule has 0 radical (unpaired) electrons. The van der Waals surface area contributed by atoms with E-state index in [0.717, 1.165) is 38.5 Å². The van der Waals surface area contributed by atoms with Crippen LogP contribution >= 0.6 is 0 Å². The Kier molecular flexibility index (Phi) is 8.35. The summed E-state index contributed by atoms with van der Waals surface area (Å²) in [4.78, 5) is 4.30. The Bertz CT molecular complexity index is 307. The molecular weight excluding hydrogens is 250 g/mol. The highest BCUT2D eigenvalue weighted by molar-refractivity contribution is 5.79. The maximum atomic E-state index is 5.27. The van der Waals surface area contributed by atoms with Crippen LogP contribution in [0.2, 0.25) is 0 Å². The summed E-state index contributed by atoms with van der Waals surface area (Å²) in [5, 5.41) is 6.86. The van der Waals surface area contributed by atoms with Crippen molar-refractivity contribution >= 4 is 5.96 Å². The van der Waals surface area contributed by atoms with Gasteiger partial charge >= 0.3 is 0 Å². The predicted octanol–water partition coefficient (Wildman–Crippen LogP) is 2.71. The Balaban J connectivity index is 2.36. The molecule has 1 aliphatic rings. The number of rotatable bonds is 8. The van der Waals surface area contributed by atoms with Gasteiger partial charge in [0.2, 0.25) is 0 Å². The van der Waals surface area contributed by atoms with E-state index in [2.05, 4.69) is 27.8 Å². The van der Waals surface area contributed by atoms with E-state index in [1.54, 1.807) is 7.11 Å². The lowest BCUT2D eigenvalue weighted by molar-refractivity contribution is 0.138. The summed E-state index contributed by atoms with van der Waals surface area (Å²) in [6.45, 7) is 4.83. The van der Waals surface area contributed by atoms with Crippen LogP contribution in [0.5, 0.6) is 0 Å². The summed E-state index contributed by atoms with van der Waals surface area (Å²) in [6.07, 6.45) is 11.7. The molecule has 0 spiro atoms. The fourth-order valence-corrected chi connectivity index (χ4v) is 2.89. The van der Waals surface area contributed by atoms with Gasteiger partial charge in [0.1, 0.15) is 0 Å². The molecule has 116 valence electrons. The van der Waals surface area contributed by atoms with E-state index >= 15 is 0 Å². The van der Waals surface area contributed by atoms with Gasteiger partial charge in [-0.1, -0.05) is 25.0 Å².